The van der Waals surface area contributed by atoms with Crippen LogP contribution in [0.5, 0.6) is 0 Å². The summed E-state index contributed by atoms with van der Waals surface area (Å²) in [6.07, 6.45) is 2.74. The Morgan fingerprint density at radius 3 is 2.12 bits per heavy atom. The molecule has 0 aliphatic carbocycles. The lowest BCUT2D eigenvalue weighted by atomic mass is 9.99. The molecule has 0 bridgehead atoms. The summed E-state index contributed by atoms with van der Waals surface area (Å²) >= 11 is 0. The number of anilines is 3. The number of carbonyl (C=O) groups is 2. The number of ether oxygens (including phenoxy) is 2. The number of likely N-dealkylation sites (N-methyl/N-ethyl adjacent to an activating group) is 1. The first-order chi connectivity index (χ1) is 23.8. The first-order valence-corrected chi connectivity index (χ1v) is 17.1. The van der Waals surface area contributed by atoms with Crippen LogP contribution in [0.2, 0.25) is 0 Å². The number of benzene rings is 4. The number of para-hydroxylation sites is 2. The van der Waals surface area contributed by atoms with Crippen molar-refractivity contribution < 1.29 is 24.2 Å². The standard InChI is InChI=1S/C40H48N4O5/c1-28(30-11-5-3-6-12-30)44(2)26-34-25-37(31-19-17-29(27-45)18-20-31)49-40(48-34)32-21-23-33(24-22-32)42-38(46)15-7-4-8-16-39(47)43-36-14-10-9-13-35(36)41/h3,5-6,9-14,17-24,28,34,37,40,45H,4,7-8,15-16,25-27,41H2,1-2H3,(H,42,46)(H,43,47)/t28-,34+,37-,40-/m0/s1. The van der Waals surface area contributed by atoms with Crippen LogP contribution in [0, 0.1) is 0 Å². The van der Waals surface area contributed by atoms with Crippen molar-refractivity contribution in [2.24, 2.45) is 0 Å². The van der Waals surface area contributed by atoms with E-state index in [-0.39, 0.29) is 36.7 Å². The average Bonchev–Trinajstić information content (AvgIpc) is 3.12. The zero-order chi connectivity index (χ0) is 34.6. The lowest BCUT2D eigenvalue weighted by Crippen LogP contribution is -2.38. The maximum absolute atomic E-state index is 12.6. The van der Waals surface area contributed by atoms with Gasteiger partial charge in [-0.15, -0.1) is 0 Å². The van der Waals surface area contributed by atoms with Gasteiger partial charge in [-0.2, -0.15) is 0 Å². The average molecular weight is 665 g/mol. The Bertz CT molecular complexity index is 1630. The number of aliphatic hydroxyl groups is 1. The number of nitrogens with one attached hydrogen (secondary N) is 2. The number of nitrogen functional groups attached to an aromatic ring is 1. The molecule has 0 unspecified atom stereocenters. The highest BCUT2D eigenvalue weighted by Crippen LogP contribution is 2.39. The molecule has 1 saturated heterocycles. The number of nitrogens with two attached hydrogens (primary N) is 1. The van der Waals surface area contributed by atoms with Crippen LogP contribution in [-0.2, 0) is 25.7 Å². The number of unbranched alkanes of at least 4 members (excludes halogenated alkanes) is 2. The minimum Gasteiger partial charge on any atom is -0.397 e. The summed E-state index contributed by atoms with van der Waals surface area (Å²) in [5.74, 6) is -0.152. The van der Waals surface area contributed by atoms with Crippen LogP contribution in [0.15, 0.2) is 103 Å². The Morgan fingerprint density at radius 2 is 1.45 bits per heavy atom. The Balaban J connectivity index is 1.13. The minimum absolute atomic E-state index is 0.00457. The monoisotopic (exact) mass is 664 g/mol. The largest absolute Gasteiger partial charge is 0.397 e. The molecule has 9 heteroatoms. The number of carbonyl (C=O) groups excluding carboxylic acids is 2. The maximum atomic E-state index is 12.6. The van der Waals surface area contributed by atoms with Gasteiger partial charge in [-0.05, 0) is 67.8 Å². The van der Waals surface area contributed by atoms with Gasteiger partial charge >= 0.3 is 0 Å². The van der Waals surface area contributed by atoms with Crippen LogP contribution in [-0.4, -0.2) is 41.5 Å². The predicted molar refractivity (Wildman–Crippen MR) is 194 cm³/mol. The molecule has 9 nitrogen and oxygen atoms in total. The van der Waals surface area contributed by atoms with Crippen molar-refractivity contribution in [1.82, 2.24) is 4.90 Å². The summed E-state index contributed by atoms with van der Waals surface area (Å²) < 4.78 is 13.1. The molecule has 0 saturated carbocycles. The van der Waals surface area contributed by atoms with E-state index >= 15 is 0 Å². The summed E-state index contributed by atoms with van der Waals surface area (Å²) in [4.78, 5) is 27.2. The van der Waals surface area contributed by atoms with Crippen molar-refractivity contribution in [3.63, 3.8) is 0 Å². The molecule has 0 aromatic heterocycles. The second kappa shape index (κ2) is 17.7. The Morgan fingerprint density at radius 1 is 0.816 bits per heavy atom. The third-order valence-electron chi connectivity index (χ3n) is 9.06. The second-order valence-electron chi connectivity index (χ2n) is 12.7. The summed E-state index contributed by atoms with van der Waals surface area (Å²) in [5, 5.41) is 15.3. The van der Waals surface area contributed by atoms with Gasteiger partial charge in [0, 0.05) is 43.1 Å². The molecule has 4 aromatic rings. The molecular weight excluding hydrogens is 616 g/mol. The Kier molecular flexibility index (Phi) is 12.9. The normalized spacial score (nSPS) is 18.2. The van der Waals surface area contributed by atoms with Crippen LogP contribution in [0.1, 0.15) is 86.1 Å². The second-order valence-corrected chi connectivity index (χ2v) is 12.7. The lowest BCUT2D eigenvalue weighted by molar-refractivity contribution is -0.253. The third kappa shape index (κ3) is 10.5. The Labute approximate surface area is 289 Å². The molecule has 1 fully saturated rings. The van der Waals surface area contributed by atoms with Crippen LogP contribution in [0.25, 0.3) is 0 Å². The quantitative estimate of drug-likeness (QED) is 0.0765. The number of amides is 2. The highest BCUT2D eigenvalue weighted by Gasteiger charge is 2.33. The van der Waals surface area contributed by atoms with E-state index in [0.29, 0.717) is 49.2 Å². The van der Waals surface area contributed by atoms with Crippen LogP contribution < -0.4 is 16.4 Å². The van der Waals surface area contributed by atoms with Gasteiger partial charge in [0.25, 0.3) is 0 Å². The molecule has 1 heterocycles. The maximum Gasteiger partial charge on any atom is 0.224 e. The predicted octanol–water partition coefficient (Wildman–Crippen LogP) is 7.53. The van der Waals surface area contributed by atoms with E-state index in [1.54, 1.807) is 12.1 Å². The molecule has 1 aliphatic rings. The van der Waals surface area contributed by atoms with Crippen LogP contribution >= 0.6 is 0 Å². The van der Waals surface area contributed by atoms with Crippen LogP contribution in [0.3, 0.4) is 0 Å². The summed E-state index contributed by atoms with van der Waals surface area (Å²) in [6, 6.07) is 33.3. The lowest BCUT2D eigenvalue weighted by Gasteiger charge is -2.39. The van der Waals surface area contributed by atoms with E-state index in [2.05, 4.69) is 53.8 Å². The molecule has 0 spiro atoms. The summed E-state index contributed by atoms with van der Waals surface area (Å²) in [5.41, 5.74) is 11.8. The van der Waals surface area contributed by atoms with Gasteiger partial charge < -0.3 is 30.9 Å². The van der Waals surface area contributed by atoms with Gasteiger partial charge in [-0.3, -0.25) is 14.5 Å². The summed E-state index contributed by atoms with van der Waals surface area (Å²) in [7, 11) is 2.12. The molecule has 0 radical (unpaired) electrons. The van der Waals surface area contributed by atoms with E-state index in [9.17, 15) is 14.7 Å². The number of hydrogen-bond acceptors (Lipinski definition) is 7. The molecule has 5 rings (SSSR count). The van der Waals surface area contributed by atoms with Crippen molar-refractivity contribution in [3.05, 3.63) is 125 Å². The van der Waals surface area contributed by atoms with Crippen LogP contribution in [0.4, 0.5) is 17.1 Å². The molecule has 1 aliphatic heterocycles. The Hall–Kier alpha value is -4.54. The van der Waals surface area contributed by atoms with Gasteiger partial charge in [-0.25, -0.2) is 0 Å². The summed E-state index contributed by atoms with van der Waals surface area (Å²) in [6.45, 7) is 2.92. The molecule has 258 valence electrons. The molecule has 49 heavy (non-hydrogen) atoms. The van der Waals surface area contributed by atoms with Gasteiger partial charge in [0.1, 0.15) is 0 Å². The first-order valence-electron chi connectivity index (χ1n) is 17.1. The third-order valence-corrected chi connectivity index (χ3v) is 9.06. The topological polar surface area (TPSA) is 126 Å². The zero-order valence-electron chi connectivity index (χ0n) is 28.4. The van der Waals surface area contributed by atoms with Crippen molar-refractivity contribution in [2.45, 2.75) is 76.6 Å². The van der Waals surface area contributed by atoms with Gasteiger partial charge in [0.15, 0.2) is 6.29 Å². The molecule has 4 aromatic carbocycles. The fourth-order valence-electron chi connectivity index (χ4n) is 6.02. The van der Waals surface area contributed by atoms with E-state index in [1.807, 2.05) is 66.7 Å². The first kappa shape index (κ1) is 35.8. The van der Waals surface area contributed by atoms with Gasteiger partial charge in [-0.1, -0.05) is 85.3 Å². The van der Waals surface area contributed by atoms with E-state index < -0.39 is 6.29 Å². The van der Waals surface area contributed by atoms with Crippen molar-refractivity contribution in [3.8, 4) is 0 Å². The smallest absolute Gasteiger partial charge is 0.224 e. The molecule has 2 amide bonds. The minimum atomic E-state index is -0.581. The van der Waals surface area contributed by atoms with E-state index in [1.165, 1.54) is 5.56 Å². The molecular formula is C40H48N4O5. The van der Waals surface area contributed by atoms with Crippen molar-refractivity contribution >= 4 is 28.9 Å². The van der Waals surface area contributed by atoms with E-state index in [0.717, 1.165) is 29.7 Å². The number of hydrogen-bond donors (Lipinski definition) is 4. The zero-order valence-corrected chi connectivity index (χ0v) is 28.4. The number of rotatable bonds is 15. The molecule has 5 N–H and O–H groups in total. The fraction of sp³-hybridized carbons (Fsp3) is 0.350. The van der Waals surface area contributed by atoms with E-state index in [4.69, 9.17) is 15.2 Å². The highest BCUT2D eigenvalue weighted by atomic mass is 16.7. The fourth-order valence-corrected chi connectivity index (χ4v) is 6.02. The SMILES string of the molecule is C[C@@H](c1ccccc1)N(C)C[C@H]1C[C@@H](c2ccc(CO)cc2)O[C@@H](c2ccc(NC(=O)CCCCCC(=O)Nc3ccccc3N)cc2)O1. The van der Waals surface area contributed by atoms with Gasteiger partial charge in [0.05, 0.1) is 30.2 Å². The molecule has 4 atom stereocenters. The van der Waals surface area contributed by atoms with Crippen molar-refractivity contribution in [2.75, 3.05) is 30.0 Å². The van der Waals surface area contributed by atoms with Gasteiger partial charge in [0.2, 0.25) is 11.8 Å². The van der Waals surface area contributed by atoms with Crippen molar-refractivity contribution in [1.29, 1.82) is 0 Å². The highest BCUT2D eigenvalue weighted by molar-refractivity contribution is 5.93. The number of aliphatic hydroxyl groups excluding tert-OH is 1. The number of nitrogens with zero attached hydrogens (tertiary/aromatic N) is 1.